The molecule has 43 heavy (non-hydrogen) atoms. The van der Waals surface area contributed by atoms with Gasteiger partial charge in [-0.2, -0.15) is 0 Å². The summed E-state index contributed by atoms with van der Waals surface area (Å²) in [6, 6.07) is 44.9. The van der Waals surface area contributed by atoms with E-state index in [9.17, 15) is 0 Å². The predicted molar refractivity (Wildman–Crippen MR) is 191 cm³/mol. The lowest BCUT2D eigenvalue weighted by Gasteiger charge is -2.40. The summed E-state index contributed by atoms with van der Waals surface area (Å²) in [5.41, 5.74) is -0.356. The molecule has 0 spiro atoms. The minimum absolute atomic E-state index is 0.356. The lowest BCUT2D eigenvalue weighted by molar-refractivity contribution is -0.0257. The van der Waals surface area contributed by atoms with Crippen molar-refractivity contribution in [2.45, 2.75) is 58.6 Å². The molecule has 1 atom stereocenters. The Morgan fingerprint density at radius 3 is 1.26 bits per heavy atom. The van der Waals surface area contributed by atoms with Crippen LogP contribution in [0.3, 0.4) is 0 Å². The first kappa shape index (κ1) is 33.7. The molecule has 0 radical (unpaired) electrons. The van der Waals surface area contributed by atoms with Crippen molar-refractivity contribution in [3.63, 3.8) is 0 Å². The number of benzene rings is 4. The van der Waals surface area contributed by atoms with Crippen LogP contribution in [0.2, 0.25) is 6.04 Å². The van der Waals surface area contributed by atoms with Crippen LogP contribution in [0.1, 0.15) is 47.0 Å². The second-order valence-corrected chi connectivity index (χ2v) is 18.5. The summed E-state index contributed by atoms with van der Waals surface area (Å²) in [6.45, 7) is 9.78. The first-order valence-electron chi connectivity index (χ1n) is 15.7. The summed E-state index contributed by atoms with van der Waals surface area (Å²) in [5, 5.41) is 5.69. The molecule has 0 saturated carbocycles. The minimum atomic E-state index is -2.83. The van der Waals surface area contributed by atoms with E-state index in [1.807, 2.05) is 13.8 Å². The van der Waals surface area contributed by atoms with Crippen LogP contribution >= 0.6 is 15.8 Å². The standard InChI is InChI=1S/C37H48O3P2Si/c1-5-38-43(7-3,39-6-2)40-37(4,30-32-42(35-25-16-10-17-26-35)36-27-18-11-19-28-36)29-20-31-41(33-21-12-8-13-22-33)34-23-14-9-15-24-34/h8-19,21-28H,5-7,20,29-32H2,1-4H3. The first-order valence-corrected chi connectivity index (χ1v) is 20.7. The van der Waals surface area contributed by atoms with Crippen molar-refractivity contribution in [3.05, 3.63) is 121 Å². The highest BCUT2D eigenvalue weighted by Crippen LogP contribution is 2.41. The summed E-state index contributed by atoms with van der Waals surface area (Å²) in [4.78, 5) is 0. The van der Waals surface area contributed by atoms with Crippen molar-refractivity contribution in [1.29, 1.82) is 0 Å². The van der Waals surface area contributed by atoms with Gasteiger partial charge in [0.25, 0.3) is 0 Å². The predicted octanol–water partition coefficient (Wildman–Crippen LogP) is 8.23. The van der Waals surface area contributed by atoms with E-state index in [0.29, 0.717) is 13.2 Å². The summed E-state index contributed by atoms with van der Waals surface area (Å²) >= 11 is 0. The minimum Gasteiger partial charge on any atom is -0.374 e. The van der Waals surface area contributed by atoms with Crippen LogP contribution in [0.25, 0.3) is 0 Å². The molecule has 0 amide bonds. The fourth-order valence-corrected chi connectivity index (χ4v) is 13.1. The van der Waals surface area contributed by atoms with E-state index in [-0.39, 0.29) is 5.60 Å². The van der Waals surface area contributed by atoms with Gasteiger partial charge in [-0.05, 0) is 89.4 Å². The molecule has 0 aliphatic carbocycles. The normalized spacial score (nSPS) is 13.3. The maximum absolute atomic E-state index is 7.18. The van der Waals surface area contributed by atoms with Gasteiger partial charge in [0.15, 0.2) is 0 Å². The Labute approximate surface area is 263 Å². The van der Waals surface area contributed by atoms with E-state index < -0.39 is 24.6 Å². The number of hydrogen-bond donors (Lipinski definition) is 0. The van der Waals surface area contributed by atoms with Crippen molar-refractivity contribution in [2.75, 3.05) is 25.5 Å². The second-order valence-electron chi connectivity index (χ2n) is 11.0. The SMILES string of the molecule is CCO[Si](CC)(OCC)OC(C)(CCCP(c1ccccc1)c1ccccc1)CCP(c1ccccc1)c1ccccc1. The van der Waals surface area contributed by atoms with Crippen molar-refractivity contribution in [1.82, 2.24) is 0 Å². The molecule has 0 saturated heterocycles. The average Bonchev–Trinajstić information content (AvgIpc) is 3.05. The molecular weight excluding hydrogens is 582 g/mol. The van der Waals surface area contributed by atoms with Crippen LogP contribution in [0.5, 0.6) is 0 Å². The van der Waals surface area contributed by atoms with Crippen molar-refractivity contribution in [2.24, 2.45) is 0 Å². The van der Waals surface area contributed by atoms with E-state index in [4.69, 9.17) is 13.3 Å². The van der Waals surface area contributed by atoms with Crippen LogP contribution in [-0.4, -0.2) is 39.9 Å². The fraction of sp³-hybridized carbons (Fsp3) is 0.351. The van der Waals surface area contributed by atoms with Crippen molar-refractivity contribution < 1.29 is 13.3 Å². The Kier molecular flexibility index (Phi) is 13.6. The van der Waals surface area contributed by atoms with Crippen LogP contribution in [0.4, 0.5) is 0 Å². The van der Waals surface area contributed by atoms with Crippen molar-refractivity contribution >= 4 is 45.9 Å². The molecule has 0 aliphatic rings. The lowest BCUT2D eigenvalue weighted by atomic mass is 9.98. The van der Waals surface area contributed by atoms with E-state index in [1.165, 1.54) is 21.2 Å². The van der Waals surface area contributed by atoms with E-state index in [1.54, 1.807) is 0 Å². The Morgan fingerprint density at radius 1 is 0.535 bits per heavy atom. The van der Waals surface area contributed by atoms with Gasteiger partial charge >= 0.3 is 8.80 Å². The van der Waals surface area contributed by atoms with E-state index >= 15 is 0 Å². The van der Waals surface area contributed by atoms with Gasteiger partial charge in [0, 0.05) is 19.3 Å². The molecule has 1 unspecified atom stereocenters. The van der Waals surface area contributed by atoms with Gasteiger partial charge in [-0.1, -0.05) is 128 Å². The van der Waals surface area contributed by atoms with Gasteiger partial charge in [-0.3, -0.25) is 0 Å². The summed E-state index contributed by atoms with van der Waals surface area (Å²) in [5.74, 6) is 0. The van der Waals surface area contributed by atoms with Gasteiger partial charge in [0.05, 0.1) is 5.60 Å². The third-order valence-electron chi connectivity index (χ3n) is 7.79. The maximum atomic E-state index is 7.18. The molecule has 0 aromatic heterocycles. The molecule has 4 aromatic rings. The molecular formula is C37H48O3P2Si. The highest BCUT2D eigenvalue weighted by molar-refractivity contribution is 7.73. The van der Waals surface area contributed by atoms with Gasteiger partial charge in [-0.15, -0.1) is 0 Å². The molecule has 4 aromatic carbocycles. The average molecular weight is 631 g/mol. The Balaban J connectivity index is 1.60. The number of rotatable bonds is 18. The van der Waals surface area contributed by atoms with Crippen LogP contribution in [0, 0.1) is 0 Å². The maximum Gasteiger partial charge on any atom is 0.501 e. The van der Waals surface area contributed by atoms with Crippen LogP contribution < -0.4 is 21.2 Å². The molecule has 0 fully saturated rings. The zero-order valence-electron chi connectivity index (χ0n) is 26.3. The first-order chi connectivity index (χ1) is 21.0. The zero-order chi connectivity index (χ0) is 30.4. The van der Waals surface area contributed by atoms with E-state index in [2.05, 4.69) is 135 Å². The van der Waals surface area contributed by atoms with Crippen molar-refractivity contribution in [3.8, 4) is 0 Å². The molecule has 0 heterocycles. The monoisotopic (exact) mass is 630 g/mol. The molecule has 0 bridgehead atoms. The van der Waals surface area contributed by atoms with Gasteiger partial charge < -0.3 is 13.3 Å². The Morgan fingerprint density at radius 2 is 0.907 bits per heavy atom. The van der Waals surface area contributed by atoms with Gasteiger partial charge in [0.2, 0.25) is 0 Å². The zero-order valence-corrected chi connectivity index (χ0v) is 29.1. The fourth-order valence-electron chi connectivity index (χ4n) is 5.62. The second kappa shape index (κ2) is 17.4. The number of hydrogen-bond acceptors (Lipinski definition) is 3. The molecule has 6 heteroatoms. The largest absolute Gasteiger partial charge is 0.501 e. The van der Waals surface area contributed by atoms with Crippen LogP contribution in [-0.2, 0) is 13.3 Å². The Hall–Kier alpha value is -2.16. The van der Waals surface area contributed by atoms with Crippen LogP contribution in [0.15, 0.2) is 121 Å². The molecule has 4 rings (SSSR count). The van der Waals surface area contributed by atoms with Gasteiger partial charge in [-0.25, -0.2) is 0 Å². The summed E-state index contributed by atoms with van der Waals surface area (Å²) in [7, 11) is -3.80. The molecule has 0 N–H and O–H groups in total. The third kappa shape index (κ3) is 9.92. The lowest BCUT2D eigenvalue weighted by Crippen LogP contribution is -2.52. The molecule has 0 aliphatic heterocycles. The quantitative estimate of drug-likeness (QED) is 0.0819. The summed E-state index contributed by atoms with van der Waals surface area (Å²) in [6.07, 6.45) is 5.17. The molecule has 3 nitrogen and oxygen atoms in total. The summed E-state index contributed by atoms with van der Waals surface area (Å²) < 4.78 is 19.9. The smallest absolute Gasteiger partial charge is 0.374 e. The highest BCUT2D eigenvalue weighted by Gasteiger charge is 2.45. The van der Waals surface area contributed by atoms with E-state index in [0.717, 1.165) is 37.6 Å². The molecule has 228 valence electrons. The topological polar surface area (TPSA) is 27.7 Å². The third-order valence-corrected chi connectivity index (χ3v) is 16.0. The Bertz CT molecular complexity index is 1230. The highest BCUT2D eigenvalue weighted by atomic mass is 31.1. The van der Waals surface area contributed by atoms with Gasteiger partial charge in [0.1, 0.15) is 0 Å².